The van der Waals surface area contributed by atoms with Crippen molar-refractivity contribution in [2.45, 2.75) is 26.8 Å². The van der Waals surface area contributed by atoms with Gasteiger partial charge in [-0.15, -0.1) is 0 Å². The molecular formula is C16H23N3O. The summed E-state index contributed by atoms with van der Waals surface area (Å²) in [5, 5.41) is 7.92. The lowest BCUT2D eigenvalue weighted by atomic mass is 9.99. The van der Waals surface area contributed by atoms with Crippen LogP contribution < -0.4 is 10.1 Å². The smallest absolute Gasteiger partial charge is 0.119 e. The Bertz CT molecular complexity index is 575. The zero-order valence-electron chi connectivity index (χ0n) is 12.7. The third-order valence-corrected chi connectivity index (χ3v) is 3.41. The summed E-state index contributed by atoms with van der Waals surface area (Å²) in [5.74, 6) is 0.892. The van der Waals surface area contributed by atoms with Crippen LogP contribution in [0.15, 0.2) is 24.4 Å². The van der Waals surface area contributed by atoms with Gasteiger partial charge in [0, 0.05) is 25.4 Å². The second kappa shape index (κ2) is 6.57. The van der Waals surface area contributed by atoms with E-state index in [4.69, 9.17) is 4.74 Å². The van der Waals surface area contributed by atoms with Gasteiger partial charge in [-0.25, -0.2) is 0 Å². The van der Waals surface area contributed by atoms with E-state index in [1.54, 1.807) is 7.11 Å². The lowest BCUT2D eigenvalue weighted by Crippen LogP contribution is -2.12. The average molecular weight is 273 g/mol. The van der Waals surface area contributed by atoms with E-state index in [2.05, 4.69) is 42.6 Å². The first kappa shape index (κ1) is 14.6. The second-order valence-electron chi connectivity index (χ2n) is 4.82. The zero-order chi connectivity index (χ0) is 14.5. The highest BCUT2D eigenvalue weighted by atomic mass is 16.5. The van der Waals surface area contributed by atoms with Gasteiger partial charge in [0.05, 0.1) is 12.8 Å². The van der Waals surface area contributed by atoms with Crippen molar-refractivity contribution in [2.75, 3.05) is 13.7 Å². The van der Waals surface area contributed by atoms with Gasteiger partial charge in [0.1, 0.15) is 5.75 Å². The summed E-state index contributed by atoms with van der Waals surface area (Å²) in [5.41, 5.74) is 4.83. The lowest BCUT2D eigenvalue weighted by molar-refractivity contribution is 0.414. The van der Waals surface area contributed by atoms with Gasteiger partial charge in [-0.1, -0.05) is 19.9 Å². The molecule has 20 heavy (non-hydrogen) atoms. The Balaban J connectivity index is 2.48. The fourth-order valence-electron chi connectivity index (χ4n) is 2.39. The van der Waals surface area contributed by atoms with Crippen LogP contribution >= 0.6 is 0 Å². The molecule has 0 atom stereocenters. The monoisotopic (exact) mass is 273 g/mol. The van der Waals surface area contributed by atoms with E-state index >= 15 is 0 Å². The number of methoxy groups -OCH3 is 1. The number of nitrogens with one attached hydrogen (secondary N) is 1. The van der Waals surface area contributed by atoms with Crippen LogP contribution in [0.5, 0.6) is 5.75 Å². The molecule has 0 unspecified atom stereocenters. The summed E-state index contributed by atoms with van der Waals surface area (Å²) in [6, 6.07) is 6.24. The number of hydrogen-bond acceptors (Lipinski definition) is 3. The zero-order valence-corrected chi connectivity index (χ0v) is 12.7. The number of rotatable bonds is 6. The van der Waals surface area contributed by atoms with Crippen LogP contribution in [0.4, 0.5) is 0 Å². The fraction of sp³-hybridized carbons (Fsp3) is 0.438. The van der Waals surface area contributed by atoms with Gasteiger partial charge in [0.15, 0.2) is 0 Å². The molecule has 1 aromatic carbocycles. The fourth-order valence-corrected chi connectivity index (χ4v) is 2.39. The van der Waals surface area contributed by atoms with Crippen molar-refractivity contribution in [1.82, 2.24) is 15.1 Å². The predicted molar refractivity (Wildman–Crippen MR) is 82.0 cm³/mol. The summed E-state index contributed by atoms with van der Waals surface area (Å²) in [6.45, 7) is 6.03. The Morgan fingerprint density at radius 3 is 2.70 bits per heavy atom. The second-order valence-corrected chi connectivity index (χ2v) is 4.82. The molecular weight excluding hydrogens is 250 g/mol. The number of aromatic nitrogens is 2. The minimum Gasteiger partial charge on any atom is -0.497 e. The molecule has 0 aliphatic carbocycles. The third kappa shape index (κ3) is 3.02. The average Bonchev–Trinajstić information content (AvgIpc) is 2.85. The highest BCUT2D eigenvalue weighted by Gasteiger charge is 2.13. The third-order valence-electron chi connectivity index (χ3n) is 3.41. The van der Waals surface area contributed by atoms with Gasteiger partial charge < -0.3 is 10.1 Å². The van der Waals surface area contributed by atoms with E-state index < -0.39 is 0 Å². The first-order valence-corrected chi connectivity index (χ1v) is 7.10. The summed E-state index contributed by atoms with van der Waals surface area (Å²) in [4.78, 5) is 0. The van der Waals surface area contributed by atoms with Crippen LogP contribution in [0.25, 0.3) is 11.1 Å². The quantitative estimate of drug-likeness (QED) is 0.879. The van der Waals surface area contributed by atoms with Gasteiger partial charge in [0.2, 0.25) is 0 Å². The number of benzene rings is 1. The van der Waals surface area contributed by atoms with Gasteiger partial charge in [0.25, 0.3) is 0 Å². The van der Waals surface area contributed by atoms with Crippen LogP contribution in [0.3, 0.4) is 0 Å². The molecule has 0 bridgehead atoms. The van der Waals surface area contributed by atoms with Crippen molar-refractivity contribution in [3.63, 3.8) is 0 Å². The molecule has 4 nitrogen and oxygen atoms in total. The normalized spacial score (nSPS) is 10.8. The molecule has 1 N–H and O–H groups in total. The predicted octanol–water partition coefficient (Wildman–Crippen LogP) is 2.77. The van der Waals surface area contributed by atoms with E-state index in [-0.39, 0.29) is 0 Å². The maximum absolute atomic E-state index is 5.34. The first-order chi connectivity index (χ1) is 9.69. The molecule has 1 heterocycles. The number of hydrogen-bond donors (Lipinski definition) is 1. The van der Waals surface area contributed by atoms with Crippen LogP contribution in [0, 0.1) is 0 Å². The van der Waals surface area contributed by atoms with Gasteiger partial charge in [-0.2, -0.15) is 5.10 Å². The van der Waals surface area contributed by atoms with Gasteiger partial charge in [-0.3, -0.25) is 4.68 Å². The summed E-state index contributed by atoms with van der Waals surface area (Å²) < 4.78 is 7.22. The molecule has 1 aromatic heterocycles. The topological polar surface area (TPSA) is 39.1 Å². The lowest BCUT2D eigenvalue weighted by Gasteiger charge is -2.12. The highest BCUT2D eigenvalue weighted by Crippen LogP contribution is 2.29. The number of ether oxygens (including phenoxy) is 1. The van der Waals surface area contributed by atoms with Crippen LogP contribution in [-0.2, 0) is 20.0 Å². The summed E-state index contributed by atoms with van der Waals surface area (Å²) >= 11 is 0. The molecule has 108 valence electrons. The maximum atomic E-state index is 5.34. The molecule has 2 rings (SSSR count). The minimum atomic E-state index is 0.834. The Morgan fingerprint density at radius 2 is 2.05 bits per heavy atom. The molecule has 0 fully saturated rings. The Hall–Kier alpha value is -1.81. The van der Waals surface area contributed by atoms with Gasteiger partial charge in [-0.05, 0) is 36.2 Å². The number of nitrogens with zero attached hydrogens (tertiary/aromatic N) is 2. The van der Waals surface area contributed by atoms with E-state index in [0.29, 0.717) is 0 Å². The molecule has 0 aliphatic rings. The molecule has 4 heteroatoms. The van der Waals surface area contributed by atoms with Crippen molar-refractivity contribution < 1.29 is 4.74 Å². The molecule has 0 saturated heterocycles. The van der Waals surface area contributed by atoms with E-state index in [0.717, 1.165) is 31.0 Å². The molecule has 0 saturated carbocycles. The van der Waals surface area contributed by atoms with E-state index in [1.807, 2.05) is 17.8 Å². The minimum absolute atomic E-state index is 0.834. The maximum Gasteiger partial charge on any atom is 0.119 e. The van der Waals surface area contributed by atoms with Crippen molar-refractivity contribution in [2.24, 2.45) is 7.05 Å². The number of aryl methyl sites for hydroxylation is 2. The standard InChI is InChI=1S/C16H23N3O/c1-5-16-15(11-19(3)18-16)14-8-7-13(20-4)9-12(14)10-17-6-2/h7-9,11,17H,5-6,10H2,1-4H3. The Labute approximate surface area is 120 Å². The molecule has 0 amide bonds. The van der Waals surface area contributed by atoms with Crippen LogP contribution in [-0.4, -0.2) is 23.4 Å². The Kier molecular flexibility index (Phi) is 4.79. The molecule has 0 aliphatic heterocycles. The van der Waals surface area contributed by atoms with Crippen molar-refractivity contribution in [3.8, 4) is 16.9 Å². The van der Waals surface area contributed by atoms with Crippen LogP contribution in [0.1, 0.15) is 25.1 Å². The van der Waals surface area contributed by atoms with E-state index in [9.17, 15) is 0 Å². The van der Waals surface area contributed by atoms with Crippen molar-refractivity contribution in [1.29, 1.82) is 0 Å². The summed E-state index contributed by atoms with van der Waals surface area (Å²) in [7, 11) is 3.67. The SMILES string of the molecule is CCNCc1cc(OC)ccc1-c1cn(C)nc1CC. The summed E-state index contributed by atoms with van der Waals surface area (Å²) in [6.07, 6.45) is 3.03. The largest absolute Gasteiger partial charge is 0.497 e. The molecule has 0 spiro atoms. The highest BCUT2D eigenvalue weighted by molar-refractivity contribution is 5.70. The molecule has 0 radical (unpaired) electrons. The molecule has 2 aromatic rings. The van der Waals surface area contributed by atoms with Crippen molar-refractivity contribution in [3.05, 3.63) is 35.7 Å². The van der Waals surface area contributed by atoms with E-state index in [1.165, 1.54) is 16.7 Å². The van der Waals surface area contributed by atoms with Gasteiger partial charge >= 0.3 is 0 Å². The first-order valence-electron chi connectivity index (χ1n) is 7.10. The van der Waals surface area contributed by atoms with Crippen molar-refractivity contribution >= 4 is 0 Å². The Morgan fingerprint density at radius 1 is 1.25 bits per heavy atom. The van der Waals surface area contributed by atoms with Crippen LogP contribution in [0.2, 0.25) is 0 Å².